The Bertz CT molecular complexity index is 1120. The topological polar surface area (TPSA) is 74.0 Å². The summed E-state index contributed by atoms with van der Waals surface area (Å²) in [6, 6.07) is 15.8. The van der Waals surface area contributed by atoms with E-state index in [0.717, 1.165) is 42.5 Å². The molecule has 3 aromatic rings. The molecule has 5 rings (SSSR count). The maximum absolute atomic E-state index is 13.7. The molecule has 1 amide bonds. The summed E-state index contributed by atoms with van der Waals surface area (Å²) in [5, 5.41) is 12.5. The van der Waals surface area contributed by atoms with Crippen LogP contribution in [0.4, 0.5) is 0 Å². The van der Waals surface area contributed by atoms with E-state index in [4.69, 9.17) is 17.0 Å². The molecule has 1 aliphatic heterocycles. The molecule has 1 aliphatic carbocycles. The normalized spacial score (nSPS) is 20.9. The van der Waals surface area contributed by atoms with Crippen LogP contribution in [0.3, 0.4) is 0 Å². The highest BCUT2D eigenvalue weighted by atomic mass is 35.5. The Hall–Kier alpha value is -3.12. The molecule has 1 saturated heterocycles. The monoisotopic (exact) mass is 433 g/mol. The summed E-state index contributed by atoms with van der Waals surface area (Å²) in [6.45, 7) is 1.27. The van der Waals surface area contributed by atoms with Crippen molar-refractivity contribution in [2.75, 3.05) is 6.54 Å². The number of rotatable bonds is 7. The fraction of sp³-hybridized carbons (Fsp3) is 0.292. The number of amides is 1. The smallest absolute Gasteiger partial charge is 0.259 e. The van der Waals surface area contributed by atoms with Crippen LogP contribution in [-0.4, -0.2) is 32.9 Å². The predicted octanol–water partition coefficient (Wildman–Crippen LogP) is 4.27. The van der Waals surface area contributed by atoms with E-state index in [1.165, 1.54) is 0 Å². The summed E-state index contributed by atoms with van der Waals surface area (Å²) in [5.74, 6) is 0.373. The summed E-state index contributed by atoms with van der Waals surface area (Å²) in [5.41, 5.74) is 2.08. The molecule has 1 unspecified atom stereocenters. The van der Waals surface area contributed by atoms with Gasteiger partial charge in [-0.1, -0.05) is 41.9 Å². The fourth-order valence-electron chi connectivity index (χ4n) is 4.50. The number of nitrogens with zero attached hydrogens (tertiary/aromatic N) is 3. The first-order chi connectivity index (χ1) is 15.1. The zero-order valence-corrected chi connectivity index (χ0v) is 17.8. The summed E-state index contributed by atoms with van der Waals surface area (Å²) in [7, 11) is 0. The van der Waals surface area contributed by atoms with Crippen LogP contribution in [0.25, 0.3) is 11.1 Å². The van der Waals surface area contributed by atoms with Crippen LogP contribution in [-0.2, 0) is 16.9 Å². The maximum atomic E-state index is 13.7. The number of imidazole rings is 1. The molecule has 6 nitrogen and oxygen atoms in total. The van der Waals surface area contributed by atoms with Crippen LogP contribution in [0.1, 0.15) is 24.8 Å². The molecule has 1 aromatic heterocycles. The minimum absolute atomic E-state index is 0.0196. The van der Waals surface area contributed by atoms with Crippen LogP contribution in [0, 0.1) is 11.3 Å². The molecular weight excluding hydrogens is 410 g/mol. The zero-order chi connectivity index (χ0) is 21.4. The summed E-state index contributed by atoms with van der Waals surface area (Å²) in [6.07, 6.45) is 8.15. The minimum atomic E-state index is -0.860. The Morgan fingerprint density at radius 2 is 1.90 bits per heavy atom. The number of guanidine groups is 1. The van der Waals surface area contributed by atoms with E-state index in [9.17, 15) is 4.79 Å². The van der Waals surface area contributed by atoms with Crippen LogP contribution in [0.5, 0.6) is 0 Å². The molecule has 2 aliphatic rings. The number of benzene rings is 2. The molecule has 2 N–H and O–H groups in total. The first-order valence-electron chi connectivity index (χ1n) is 10.6. The molecule has 0 bridgehead atoms. The average Bonchev–Trinajstić information content (AvgIpc) is 3.44. The van der Waals surface area contributed by atoms with E-state index in [2.05, 4.69) is 16.4 Å². The highest BCUT2D eigenvalue weighted by molar-refractivity contribution is 6.30. The Kier molecular flexibility index (Phi) is 5.02. The second kappa shape index (κ2) is 7.85. The SMILES string of the molecule is N=C1NC(c2cccc(-c3cccc(Cl)c3)c2)(C2CC2)C(=O)N1CCCn1ccnc1. The van der Waals surface area contributed by atoms with Gasteiger partial charge in [0, 0.05) is 30.5 Å². The van der Waals surface area contributed by atoms with Crippen LogP contribution >= 0.6 is 11.6 Å². The predicted molar refractivity (Wildman–Crippen MR) is 121 cm³/mol. The van der Waals surface area contributed by atoms with Crippen molar-refractivity contribution in [2.24, 2.45) is 5.92 Å². The van der Waals surface area contributed by atoms with E-state index in [-0.39, 0.29) is 17.8 Å². The van der Waals surface area contributed by atoms with Crippen molar-refractivity contribution in [1.29, 1.82) is 5.41 Å². The van der Waals surface area contributed by atoms with Gasteiger partial charge < -0.3 is 9.88 Å². The number of carbonyl (C=O) groups is 1. The highest BCUT2D eigenvalue weighted by Crippen LogP contribution is 2.49. The number of nitrogens with one attached hydrogen (secondary N) is 2. The third kappa shape index (κ3) is 3.61. The summed E-state index contributed by atoms with van der Waals surface area (Å²) in [4.78, 5) is 19.3. The van der Waals surface area contributed by atoms with Crippen molar-refractivity contribution in [2.45, 2.75) is 31.3 Å². The maximum Gasteiger partial charge on any atom is 0.259 e. The van der Waals surface area contributed by atoms with E-state index < -0.39 is 5.54 Å². The van der Waals surface area contributed by atoms with Gasteiger partial charge in [-0.2, -0.15) is 0 Å². The van der Waals surface area contributed by atoms with E-state index in [1.54, 1.807) is 17.4 Å². The third-order valence-corrected chi connectivity index (χ3v) is 6.43. The van der Waals surface area contributed by atoms with Crippen molar-refractivity contribution < 1.29 is 4.79 Å². The van der Waals surface area contributed by atoms with Crippen LogP contribution in [0.2, 0.25) is 5.02 Å². The first kappa shape index (κ1) is 19.8. The Morgan fingerprint density at radius 3 is 2.61 bits per heavy atom. The number of carbonyl (C=O) groups excluding carboxylic acids is 1. The molecule has 1 saturated carbocycles. The van der Waals surface area contributed by atoms with E-state index in [1.807, 2.05) is 53.2 Å². The quantitative estimate of drug-likeness (QED) is 0.584. The van der Waals surface area contributed by atoms with Gasteiger partial charge in [0.1, 0.15) is 5.54 Å². The minimum Gasteiger partial charge on any atom is -0.338 e. The average molecular weight is 434 g/mol. The number of aryl methyl sites for hydroxylation is 1. The Morgan fingerprint density at radius 1 is 1.13 bits per heavy atom. The number of hydrogen-bond donors (Lipinski definition) is 2. The van der Waals surface area contributed by atoms with E-state index in [0.29, 0.717) is 11.6 Å². The molecule has 0 spiro atoms. The molecule has 1 atom stereocenters. The molecule has 158 valence electrons. The van der Waals surface area contributed by atoms with Gasteiger partial charge in [0.25, 0.3) is 5.91 Å². The largest absolute Gasteiger partial charge is 0.338 e. The van der Waals surface area contributed by atoms with Gasteiger partial charge in [0.15, 0.2) is 5.96 Å². The second-order valence-corrected chi connectivity index (χ2v) is 8.69. The molecule has 31 heavy (non-hydrogen) atoms. The molecule has 0 radical (unpaired) electrons. The number of halogens is 1. The summed E-state index contributed by atoms with van der Waals surface area (Å²) < 4.78 is 1.99. The van der Waals surface area contributed by atoms with Crippen molar-refractivity contribution in [3.8, 4) is 11.1 Å². The van der Waals surface area contributed by atoms with Gasteiger partial charge in [-0.3, -0.25) is 15.1 Å². The Balaban J connectivity index is 1.43. The van der Waals surface area contributed by atoms with Gasteiger partial charge in [-0.25, -0.2) is 4.98 Å². The second-order valence-electron chi connectivity index (χ2n) is 8.26. The van der Waals surface area contributed by atoms with Gasteiger partial charge in [-0.15, -0.1) is 0 Å². The van der Waals surface area contributed by atoms with Crippen molar-refractivity contribution in [3.63, 3.8) is 0 Å². The molecular formula is C24H24ClN5O. The molecule has 7 heteroatoms. The lowest BCUT2D eigenvalue weighted by atomic mass is 9.83. The van der Waals surface area contributed by atoms with Gasteiger partial charge in [0.05, 0.1) is 6.33 Å². The lowest BCUT2D eigenvalue weighted by Crippen LogP contribution is -2.46. The standard InChI is InChI=1S/C24H24ClN5O/c25-21-7-2-5-18(15-21)17-4-1-6-20(14-17)24(19-8-9-19)22(31)30(23(26)28-24)12-3-11-29-13-10-27-16-29/h1-2,4-7,10,13-16,19H,3,8-9,11-12H2,(H2,26,28). The van der Waals surface area contributed by atoms with Gasteiger partial charge >= 0.3 is 0 Å². The first-order valence-corrected chi connectivity index (χ1v) is 11.0. The van der Waals surface area contributed by atoms with E-state index >= 15 is 0 Å². The number of aromatic nitrogens is 2. The van der Waals surface area contributed by atoms with Crippen molar-refractivity contribution in [1.82, 2.24) is 19.8 Å². The van der Waals surface area contributed by atoms with Crippen molar-refractivity contribution in [3.05, 3.63) is 77.8 Å². The zero-order valence-electron chi connectivity index (χ0n) is 17.1. The number of hydrogen-bond acceptors (Lipinski definition) is 3. The molecule has 2 heterocycles. The van der Waals surface area contributed by atoms with Crippen LogP contribution < -0.4 is 5.32 Å². The van der Waals surface area contributed by atoms with Gasteiger partial charge in [0.2, 0.25) is 0 Å². The lowest BCUT2D eigenvalue weighted by Gasteiger charge is -2.28. The lowest BCUT2D eigenvalue weighted by molar-refractivity contribution is -0.132. The van der Waals surface area contributed by atoms with Crippen molar-refractivity contribution >= 4 is 23.5 Å². The van der Waals surface area contributed by atoms with Gasteiger partial charge in [-0.05, 0) is 60.1 Å². The van der Waals surface area contributed by atoms with Crippen LogP contribution in [0.15, 0.2) is 67.3 Å². The molecule has 2 fully saturated rings. The highest BCUT2D eigenvalue weighted by Gasteiger charge is 2.58. The third-order valence-electron chi connectivity index (χ3n) is 6.19. The summed E-state index contributed by atoms with van der Waals surface area (Å²) >= 11 is 6.19. The molecule has 2 aromatic carbocycles. The Labute approximate surface area is 186 Å². The fourth-order valence-corrected chi connectivity index (χ4v) is 4.69.